The van der Waals surface area contributed by atoms with E-state index in [2.05, 4.69) is 65.5 Å². The molecule has 0 nitrogen and oxygen atoms in total. The van der Waals surface area contributed by atoms with Crippen molar-refractivity contribution in [1.29, 1.82) is 0 Å². The fraction of sp³-hybridized carbons (Fsp3) is 0.619. The fourth-order valence-corrected chi connectivity index (χ4v) is 2.72. The third kappa shape index (κ3) is 6.50. The highest BCUT2D eigenvalue weighted by Crippen LogP contribution is 2.27. The van der Waals surface area contributed by atoms with Gasteiger partial charge in [0.2, 0.25) is 0 Å². The first-order valence-corrected chi connectivity index (χ1v) is 8.60. The van der Waals surface area contributed by atoms with Crippen LogP contribution in [0.25, 0.3) is 0 Å². The van der Waals surface area contributed by atoms with E-state index >= 15 is 0 Å². The minimum absolute atomic E-state index is 0.652. The van der Waals surface area contributed by atoms with Crippen molar-refractivity contribution in [2.45, 2.75) is 66.7 Å². The van der Waals surface area contributed by atoms with Crippen LogP contribution in [0, 0.1) is 17.8 Å². The number of hydrogen-bond donors (Lipinski definition) is 0. The lowest BCUT2D eigenvalue weighted by Crippen LogP contribution is -2.08. The van der Waals surface area contributed by atoms with E-state index in [1.807, 2.05) is 0 Å². The van der Waals surface area contributed by atoms with Gasteiger partial charge in [0, 0.05) is 0 Å². The van der Waals surface area contributed by atoms with Crippen molar-refractivity contribution >= 4 is 0 Å². The summed E-state index contributed by atoms with van der Waals surface area (Å²) in [5.41, 5.74) is 4.52. The van der Waals surface area contributed by atoms with E-state index in [4.69, 9.17) is 0 Å². The van der Waals surface area contributed by atoms with Crippen LogP contribution < -0.4 is 0 Å². The van der Waals surface area contributed by atoms with Gasteiger partial charge >= 0.3 is 0 Å². The van der Waals surface area contributed by atoms with Gasteiger partial charge in [0.25, 0.3) is 0 Å². The second-order valence-electron chi connectivity index (χ2n) is 7.07. The summed E-state index contributed by atoms with van der Waals surface area (Å²) in [6, 6.07) is 0. The summed E-state index contributed by atoms with van der Waals surface area (Å²) in [5, 5.41) is 0. The Labute approximate surface area is 132 Å². The molecule has 0 saturated heterocycles. The predicted octanol–water partition coefficient (Wildman–Crippen LogP) is 6.86. The standard InChI is InChI=1S/C21H34/c1-7-16(2)8-11-18(4)19(5)12-13-20(6)21-14-9-17(3)10-15-21/h7,9,13-14,16,18-19H,1,8,10-12,15H2,2-6H3/b20-13+. The minimum Gasteiger partial charge on any atom is -0.103 e. The van der Waals surface area contributed by atoms with E-state index in [0.717, 1.165) is 11.8 Å². The fourth-order valence-electron chi connectivity index (χ4n) is 2.72. The largest absolute Gasteiger partial charge is 0.103 e. The van der Waals surface area contributed by atoms with Gasteiger partial charge in [0.1, 0.15) is 0 Å². The summed E-state index contributed by atoms with van der Waals surface area (Å²) in [4.78, 5) is 0. The molecule has 0 saturated carbocycles. The molecule has 0 aromatic rings. The first-order chi connectivity index (χ1) is 9.93. The minimum atomic E-state index is 0.652. The van der Waals surface area contributed by atoms with Gasteiger partial charge in [-0.15, -0.1) is 6.58 Å². The molecule has 0 heteroatoms. The third-order valence-electron chi connectivity index (χ3n) is 5.11. The maximum atomic E-state index is 3.88. The van der Waals surface area contributed by atoms with Gasteiger partial charge in [-0.25, -0.2) is 0 Å². The molecule has 3 atom stereocenters. The normalized spacial score (nSPS) is 20.3. The van der Waals surface area contributed by atoms with Gasteiger partial charge in [-0.05, 0) is 69.3 Å². The van der Waals surface area contributed by atoms with E-state index in [1.165, 1.54) is 48.8 Å². The predicted molar refractivity (Wildman–Crippen MR) is 96.4 cm³/mol. The summed E-state index contributed by atoms with van der Waals surface area (Å²) in [5.74, 6) is 2.21. The molecule has 0 N–H and O–H groups in total. The van der Waals surface area contributed by atoms with Gasteiger partial charge in [-0.2, -0.15) is 0 Å². The second-order valence-corrected chi connectivity index (χ2v) is 7.07. The molecule has 0 radical (unpaired) electrons. The topological polar surface area (TPSA) is 0 Å². The van der Waals surface area contributed by atoms with Crippen molar-refractivity contribution in [3.8, 4) is 0 Å². The summed E-state index contributed by atoms with van der Waals surface area (Å²) in [6.45, 7) is 15.4. The maximum Gasteiger partial charge on any atom is -0.0239 e. The Hall–Kier alpha value is -1.04. The summed E-state index contributed by atoms with van der Waals surface area (Å²) < 4.78 is 0. The lowest BCUT2D eigenvalue weighted by molar-refractivity contribution is 0.345. The molecule has 0 aromatic heterocycles. The third-order valence-corrected chi connectivity index (χ3v) is 5.11. The van der Waals surface area contributed by atoms with Crippen LogP contribution in [0.3, 0.4) is 0 Å². The highest BCUT2D eigenvalue weighted by Gasteiger charge is 2.12. The molecule has 1 aliphatic rings. The molecule has 0 fully saturated rings. The van der Waals surface area contributed by atoms with E-state index in [9.17, 15) is 0 Å². The number of hydrogen-bond acceptors (Lipinski definition) is 0. The van der Waals surface area contributed by atoms with Crippen molar-refractivity contribution in [1.82, 2.24) is 0 Å². The molecule has 0 bridgehead atoms. The molecular weight excluding hydrogens is 252 g/mol. The zero-order chi connectivity index (χ0) is 15.8. The Morgan fingerprint density at radius 2 is 1.86 bits per heavy atom. The van der Waals surface area contributed by atoms with Crippen LogP contribution in [0.1, 0.15) is 66.7 Å². The van der Waals surface area contributed by atoms with Crippen LogP contribution in [0.4, 0.5) is 0 Å². The Morgan fingerprint density at radius 3 is 2.43 bits per heavy atom. The van der Waals surface area contributed by atoms with Crippen LogP contribution in [0.5, 0.6) is 0 Å². The SMILES string of the molecule is C=CC(C)CCC(C)C(C)C/C=C(\C)C1=CC=C(C)CC1. The average Bonchev–Trinajstić information content (AvgIpc) is 2.50. The second kappa shape index (κ2) is 9.07. The molecule has 118 valence electrons. The maximum absolute atomic E-state index is 3.88. The first kappa shape index (κ1) is 18.0. The van der Waals surface area contributed by atoms with Crippen molar-refractivity contribution in [3.63, 3.8) is 0 Å². The Balaban J connectivity index is 2.45. The van der Waals surface area contributed by atoms with Gasteiger partial charge in [0.15, 0.2) is 0 Å². The molecule has 3 unspecified atom stereocenters. The van der Waals surface area contributed by atoms with Crippen LogP contribution in [-0.4, -0.2) is 0 Å². The Bertz CT molecular complexity index is 419. The summed E-state index contributed by atoms with van der Waals surface area (Å²) in [7, 11) is 0. The van der Waals surface area contributed by atoms with E-state index in [1.54, 1.807) is 0 Å². The molecule has 0 amide bonds. The highest BCUT2D eigenvalue weighted by atomic mass is 14.2. The van der Waals surface area contributed by atoms with Crippen LogP contribution in [0.2, 0.25) is 0 Å². The van der Waals surface area contributed by atoms with Crippen LogP contribution in [0.15, 0.2) is 47.6 Å². The van der Waals surface area contributed by atoms with Gasteiger partial charge < -0.3 is 0 Å². The van der Waals surface area contributed by atoms with Crippen molar-refractivity contribution in [2.24, 2.45) is 17.8 Å². The summed E-state index contributed by atoms with van der Waals surface area (Å²) >= 11 is 0. The number of rotatable bonds is 8. The Morgan fingerprint density at radius 1 is 1.14 bits per heavy atom. The van der Waals surface area contributed by atoms with Crippen LogP contribution >= 0.6 is 0 Å². The molecule has 0 aliphatic heterocycles. The lowest BCUT2D eigenvalue weighted by atomic mass is 9.85. The van der Waals surface area contributed by atoms with E-state index < -0.39 is 0 Å². The zero-order valence-electron chi connectivity index (χ0n) is 14.8. The molecule has 0 aromatic carbocycles. The molecular formula is C21H34. The lowest BCUT2D eigenvalue weighted by Gasteiger charge is -2.20. The van der Waals surface area contributed by atoms with Crippen molar-refractivity contribution in [3.05, 3.63) is 47.6 Å². The van der Waals surface area contributed by atoms with Gasteiger partial charge in [-0.1, -0.05) is 56.2 Å². The first-order valence-electron chi connectivity index (χ1n) is 8.60. The van der Waals surface area contributed by atoms with E-state index in [0.29, 0.717) is 5.92 Å². The summed E-state index contributed by atoms with van der Waals surface area (Å²) in [6.07, 6.45) is 15.3. The molecule has 1 rings (SSSR count). The zero-order valence-corrected chi connectivity index (χ0v) is 14.8. The van der Waals surface area contributed by atoms with Crippen molar-refractivity contribution in [2.75, 3.05) is 0 Å². The van der Waals surface area contributed by atoms with Gasteiger partial charge in [0.05, 0.1) is 0 Å². The van der Waals surface area contributed by atoms with Crippen LogP contribution in [-0.2, 0) is 0 Å². The monoisotopic (exact) mass is 286 g/mol. The molecule has 0 spiro atoms. The molecule has 1 aliphatic carbocycles. The average molecular weight is 287 g/mol. The number of allylic oxidation sites excluding steroid dienone is 7. The van der Waals surface area contributed by atoms with Gasteiger partial charge in [-0.3, -0.25) is 0 Å². The quantitative estimate of drug-likeness (QED) is 0.427. The van der Waals surface area contributed by atoms with Crippen molar-refractivity contribution < 1.29 is 0 Å². The Kier molecular flexibility index (Phi) is 7.78. The smallest absolute Gasteiger partial charge is 0.0239 e. The van der Waals surface area contributed by atoms with E-state index in [-0.39, 0.29) is 0 Å². The molecule has 21 heavy (non-hydrogen) atoms. The molecule has 0 heterocycles. The highest BCUT2D eigenvalue weighted by molar-refractivity contribution is 5.36.